The Labute approximate surface area is 101 Å². The summed E-state index contributed by atoms with van der Waals surface area (Å²) in [7, 11) is 0. The van der Waals surface area contributed by atoms with Crippen molar-refractivity contribution in [2.45, 2.75) is 37.7 Å². The number of esters is 1. The van der Waals surface area contributed by atoms with E-state index in [1.807, 2.05) is 6.07 Å². The summed E-state index contributed by atoms with van der Waals surface area (Å²) in [5.74, 6) is -0.275. The standard InChI is InChI=1S/C15H16O2/c1-10(2)14(16)17-13-9-15(7-8-15)12-6-4-3-5-11(12)13/h3-6,13H,1,7-9H2,2H3. The molecule has 1 saturated carbocycles. The highest BCUT2D eigenvalue weighted by Crippen LogP contribution is 2.60. The van der Waals surface area contributed by atoms with Gasteiger partial charge >= 0.3 is 5.97 Å². The predicted molar refractivity (Wildman–Crippen MR) is 65.6 cm³/mol. The maximum Gasteiger partial charge on any atom is 0.333 e. The van der Waals surface area contributed by atoms with Crippen LogP contribution in [-0.4, -0.2) is 5.97 Å². The molecule has 1 atom stereocenters. The summed E-state index contributed by atoms with van der Waals surface area (Å²) >= 11 is 0. The fourth-order valence-electron chi connectivity index (χ4n) is 2.79. The van der Waals surface area contributed by atoms with Crippen LogP contribution in [0.1, 0.15) is 43.4 Å². The first-order chi connectivity index (χ1) is 8.12. The van der Waals surface area contributed by atoms with Crippen molar-refractivity contribution in [2.24, 2.45) is 0 Å². The lowest BCUT2D eigenvalue weighted by atomic mass is 9.99. The molecular weight excluding hydrogens is 212 g/mol. The van der Waals surface area contributed by atoms with Crippen LogP contribution in [0.2, 0.25) is 0 Å². The van der Waals surface area contributed by atoms with Crippen molar-refractivity contribution in [3.05, 3.63) is 47.5 Å². The lowest BCUT2D eigenvalue weighted by Gasteiger charge is -2.13. The summed E-state index contributed by atoms with van der Waals surface area (Å²) in [5, 5.41) is 0. The molecule has 0 N–H and O–H groups in total. The molecule has 88 valence electrons. The molecule has 1 spiro atoms. The van der Waals surface area contributed by atoms with E-state index in [0.29, 0.717) is 11.0 Å². The van der Waals surface area contributed by atoms with Gasteiger partial charge in [0.1, 0.15) is 6.10 Å². The zero-order valence-electron chi connectivity index (χ0n) is 10.0. The van der Waals surface area contributed by atoms with E-state index in [2.05, 4.69) is 24.8 Å². The zero-order chi connectivity index (χ0) is 12.0. The molecule has 1 unspecified atom stereocenters. The number of carbonyl (C=O) groups excluding carboxylic acids is 1. The summed E-state index contributed by atoms with van der Waals surface area (Å²) in [4.78, 5) is 11.6. The van der Waals surface area contributed by atoms with Crippen molar-refractivity contribution < 1.29 is 9.53 Å². The van der Waals surface area contributed by atoms with Gasteiger partial charge in [-0.3, -0.25) is 0 Å². The molecule has 1 aromatic rings. The highest BCUT2D eigenvalue weighted by molar-refractivity contribution is 5.87. The van der Waals surface area contributed by atoms with Crippen LogP contribution in [0.4, 0.5) is 0 Å². The van der Waals surface area contributed by atoms with Crippen molar-refractivity contribution in [2.75, 3.05) is 0 Å². The first-order valence-electron chi connectivity index (χ1n) is 6.08. The zero-order valence-corrected chi connectivity index (χ0v) is 10.0. The first kappa shape index (κ1) is 10.6. The summed E-state index contributed by atoms with van der Waals surface area (Å²) in [6, 6.07) is 8.35. The highest BCUT2D eigenvalue weighted by Gasteiger charge is 2.53. The molecule has 0 heterocycles. The first-order valence-corrected chi connectivity index (χ1v) is 6.08. The summed E-state index contributed by atoms with van der Waals surface area (Å²) in [5.41, 5.74) is 3.37. The second-order valence-electron chi connectivity index (χ2n) is 5.25. The molecule has 17 heavy (non-hydrogen) atoms. The van der Waals surface area contributed by atoms with Crippen LogP contribution >= 0.6 is 0 Å². The average molecular weight is 228 g/mol. The highest BCUT2D eigenvalue weighted by atomic mass is 16.5. The molecule has 3 rings (SSSR count). The van der Waals surface area contributed by atoms with Crippen molar-refractivity contribution in [3.8, 4) is 0 Å². The lowest BCUT2D eigenvalue weighted by molar-refractivity contribution is -0.144. The third-order valence-corrected chi connectivity index (χ3v) is 3.91. The van der Waals surface area contributed by atoms with Crippen LogP contribution in [0.5, 0.6) is 0 Å². The molecule has 2 heteroatoms. The predicted octanol–water partition coefficient (Wildman–Crippen LogP) is 3.28. The van der Waals surface area contributed by atoms with Gasteiger partial charge in [0, 0.05) is 5.57 Å². The third kappa shape index (κ3) is 1.59. The SMILES string of the molecule is C=C(C)C(=O)OC1CC2(CC2)c2ccccc21. The quantitative estimate of drug-likeness (QED) is 0.573. The number of fused-ring (bicyclic) bond motifs is 2. The van der Waals surface area contributed by atoms with Crippen molar-refractivity contribution in [1.82, 2.24) is 0 Å². The van der Waals surface area contributed by atoms with Crippen LogP contribution in [0, 0.1) is 0 Å². The Balaban J connectivity index is 1.90. The molecule has 0 bridgehead atoms. The van der Waals surface area contributed by atoms with E-state index in [9.17, 15) is 4.79 Å². The van der Waals surface area contributed by atoms with E-state index >= 15 is 0 Å². The van der Waals surface area contributed by atoms with Crippen LogP contribution in [0.3, 0.4) is 0 Å². The van der Waals surface area contributed by atoms with Gasteiger partial charge in [-0.2, -0.15) is 0 Å². The molecule has 0 aromatic heterocycles. The van der Waals surface area contributed by atoms with Gasteiger partial charge in [-0.1, -0.05) is 30.8 Å². The summed E-state index contributed by atoms with van der Waals surface area (Å²) in [6.07, 6.45) is 3.33. The Kier molecular flexibility index (Phi) is 2.15. The minimum Gasteiger partial charge on any atom is -0.454 e. The molecule has 0 aliphatic heterocycles. The topological polar surface area (TPSA) is 26.3 Å². The van der Waals surface area contributed by atoms with E-state index in [-0.39, 0.29) is 12.1 Å². The van der Waals surface area contributed by atoms with E-state index in [1.54, 1.807) is 6.92 Å². The molecule has 1 fully saturated rings. The van der Waals surface area contributed by atoms with Crippen molar-refractivity contribution in [1.29, 1.82) is 0 Å². The Bertz CT molecular complexity index is 497. The molecular formula is C15H16O2. The Morgan fingerprint density at radius 1 is 1.41 bits per heavy atom. The minimum atomic E-state index is -0.275. The fraction of sp³-hybridized carbons (Fsp3) is 0.400. The number of ether oxygens (including phenoxy) is 1. The molecule has 1 aromatic carbocycles. The Morgan fingerprint density at radius 2 is 2.12 bits per heavy atom. The van der Waals surface area contributed by atoms with Crippen molar-refractivity contribution >= 4 is 5.97 Å². The van der Waals surface area contributed by atoms with Gasteiger partial charge in [-0.05, 0) is 42.7 Å². The van der Waals surface area contributed by atoms with Gasteiger partial charge < -0.3 is 4.74 Å². The van der Waals surface area contributed by atoms with Crippen LogP contribution in [-0.2, 0) is 14.9 Å². The van der Waals surface area contributed by atoms with E-state index in [1.165, 1.54) is 24.0 Å². The van der Waals surface area contributed by atoms with Gasteiger partial charge in [-0.25, -0.2) is 4.79 Å². The fourth-order valence-corrected chi connectivity index (χ4v) is 2.79. The van der Waals surface area contributed by atoms with Gasteiger partial charge in [0.05, 0.1) is 0 Å². The number of benzene rings is 1. The number of hydrogen-bond acceptors (Lipinski definition) is 2. The maximum absolute atomic E-state index is 11.6. The molecule has 2 nitrogen and oxygen atoms in total. The van der Waals surface area contributed by atoms with Crippen LogP contribution < -0.4 is 0 Å². The van der Waals surface area contributed by atoms with Crippen LogP contribution in [0.15, 0.2) is 36.4 Å². The molecule has 0 radical (unpaired) electrons. The largest absolute Gasteiger partial charge is 0.454 e. The average Bonchev–Trinajstić information content (AvgIpc) is 3.02. The van der Waals surface area contributed by atoms with Crippen molar-refractivity contribution in [3.63, 3.8) is 0 Å². The molecule has 0 amide bonds. The molecule has 0 saturated heterocycles. The maximum atomic E-state index is 11.6. The summed E-state index contributed by atoms with van der Waals surface area (Å²) < 4.78 is 5.54. The normalized spacial score (nSPS) is 23.2. The number of hydrogen-bond donors (Lipinski definition) is 0. The minimum absolute atomic E-state index is 0.0714. The van der Waals surface area contributed by atoms with Gasteiger partial charge in [0.2, 0.25) is 0 Å². The third-order valence-electron chi connectivity index (χ3n) is 3.91. The van der Waals surface area contributed by atoms with Gasteiger partial charge in [0.25, 0.3) is 0 Å². The number of rotatable bonds is 2. The van der Waals surface area contributed by atoms with E-state index in [4.69, 9.17) is 4.74 Å². The summed E-state index contributed by atoms with van der Waals surface area (Å²) in [6.45, 7) is 5.32. The lowest BCUT2D eigenvalue weighted by Crippen LogP contribution is -2.10. The molecule has 2 aliphatic carbocycles. The van der Waals surface area contributed by atoms with Crippen LogP contribution in [0.25, 0.3) is 0 Å². The Morgan fingerprint density at radius 3 is 2.76 bits per heavy atom. The smallest absolute Gasteiger partial charge is 0.333 e. The molecule has 2 aliphatic rings. The second-order valence-corrected chi connectivity index (χ2v) is 5.25. The Hall–Kier alpha value is -1.57. The monoisotopic (exact) mass is 228 g/mol. The van der Waals surface area contributed by atoms with Gasteiger partial charge in [-0.15, -0.1) is 0 Å². The van der Waals surface area contributed by atoms with Gasteiger partial charge in [0.15, 0.2) is 0 Å². The van der Waals surface area contributed by atoms with E-state index in [0.717, 1.165) is 6.42 Å². The second kappa shape index (κ2) is 3.46. The van der Waals surface area contributed by atoms with E-state index < -0.39 is 0 Å². The number of carbonyl (C=O) groups is 1.